The summed E-state index contributed by atoms with van der Waals surface area (Å²) in [6.45, 7) is 4.49. The zero-order valence-electron chi connectivity index (χ0n) is 9.65. The molecule has 2 rings (SSSR count). The molecular formula is C13H17IN2. The van der Waals surface area contributed by atoms with Crippen LogP contribution in [-0.4, -0.2) is 4.98 Å². The van der Waals surface area contributed by atoms with Gasteiger partial charge in [-0.2, -0.15) is 0 Å². The first-order chi connectivity index (χ1) is 7.18. The molecule has 2 nitrogen and oxygen atoms in total. The van der Waals surface area contributed by atoms with E-state index in [0.717, 1.165) is 6.42 Å². The molecule has 0 spiro atoms. The van der Waals surface area contributed by atoms with Gasteiger partial charge in [0.2, 0.25) is 6.33 Å². The van der Waals surface area contributed by atoms with E-state index < -0.39 is 0 Å². The van der Waals surface area contributed by atoms with Gasteiger partial charge in [0, 0.05) is 6.42 Å². The topological polar surface area (TPSA) is 19.7 Å². The summed E-state index contributed by atoms with van der Waals surface area (Å²) in [7, 11) is 0. The lowest BCUT2D eigenvalue weighted by atomic mass is 9.95. The van der Waals surface area contributed by atoms with Gasteiger partial charge in [0.1, 0.15) is 17.9 Å². The monoisotopic (exact) mass is 328 g/mol. The summed E-state index contributed by atoms with van der Waals surface area (Å²) in [4.78, 5) is 3.08. The van der Waals surface area contributed by atoms with Gasteiger partial charge in [0.15, 0.2) is 0 Å². The van der Waals surface area contributed by atoms with Gasteiger partial charge >= 0.3 is 0 Å². The smallest absolute Gasteiger partial charge is 0.241 e. The molecule has 0 saturated heterocycles. The second kappa shape index (κ2) is 5.48. The fraction of sp³-hybridized carbons (Fsp3) is 0.308. The fourth-order valence-corrected chi connectivity index (χ4v) is 1.85. The lowest BCUT2D eigenvalue weighted by Gasteiger charge is -2.21. The highest BCUT2D eigenvalue weighted by Gasteiger charge is 2.24. The number of hydrogen-bond acceptors (Lipinski definition) is 0. The average molecular weight is 328 g/mol. The summed E-state index contributed by atoms with van der Waals surface area (Å²) in [5.41, 5.74) is 1.48. The van der Waals surface area contributed by atoms with Crippen molar-refractivity contribution in [2.75, 3.05) is 0 Å². The number of halogens is 1. The highest BCUT2D eigenvalue weighted by Crippen LogP contribution is 2.14. The Bertz CT molecular complexity index is 407. The van der Waals surface area contributed by atoms with Gasteiger partial charge in [0.25, 0.3) is 0 Å². The van der Waals surface area contributed by atoms with Crippen LogP contribution in [-0.2, 0) is 12.0 Å². The average Bonchev–Trinajstić information content (AvgIpc) is 2.71. The second-order valence-electron chi connectivity index (χ2n) is 4.49. The normalized spacial score (nSPS) is 10.9. The van der Waals surface area contributed by atoms with Crippen LogP contribution < -0.4 is 28.5 Å². The van der Waals surface area contributed by atoms with Crippen LogP contribution in [0.15, 0.2) is 49.1 Å². The first kappa shape index (κ1) is 13.2. The number of H-pyrrole nitrogens is 1. The van der Waals surface area contributed by atoms with Crippen LogP contribution in [0.1, 0.15) is 19.4 Å². The zero-order valence-corrected chi connectivity index (χ0v) is 11.8. The van der Waals surface area contributed by atoms with E-state index in [1.54, 1.807) is 0 Å². The quantitative estimate of drug-likeness (QED) is 0.567. The van der Waals surface area contributed by atoms with Crippen LogP contribution >= 0.6 is 0 Å². The largest absolute Gasteiger partial charge is 1.00 e. The molecule has 0 unspecified atom stereocenters. The van der Waals surface area contributed by atoms with Crippen molar-refractivity contribution in [2.24, 2.45) is 0 Å². The first-order valence-electron chi connectivity index (χ1n) is 5.27. The number of aromatic amines is 1. The van der Waals surface area contributed by atoms with Gasteiger partial charge in [-0.25, -0.2) is 4.57 Å². The maximum Gasteiger partial charge on any atom is 0.241 e. The Hall–Kier alpha value is -0.840. The highest BCUT2D eigenvalue weighted by atomic mass is 127. The number of imidazole rings is 1. The van der Waals surface area contributed by atoms with Gasteiger partial charge in [-0.3, -0.25) is 4.98 Å². The highest BCUT2D eigenvalue weighted by molar-refractivity contribution is 5.15. The van der Waals surface area contributed by atoms with Crippen LogP contribution in [0.4, 0.5) is 0 Å². The van der Waals surface area contributed by atoms with E-state index in [2.05, 4.69) is 59.9 Å². The third-order valence-corrected chi connectivity index (χ3v) is 2.72. The number of benzene rings is 1. The summed E-state index contributed by atoms with van der Waals surface area (Å²) in [6.07, 6.45) is 7.06. The Morgan fingerprint density at radius 1 is 1.19 bits per heavy atom. The van der Waals surface area contributed by atoms with Crippen molar-refractivity contribution in [1.29, 1.82) is 0 Å². The van der Waals surface area contributed by atoms with Gasteiger partial charge in [-0.05, 0) is 19.4 Å². The third kappa shape index (κ3) is 3.07. The molecule has 1 aromatic heterocycles. The Morgan fingerprint density at radius 2 is 1.88 bits per heavy atom. The third-order valence-electron chi connectivity index (χ3n) is 2.72. The minimum absolute atomic E-state index is 0. The van der Waals surface area contributed by atoms with Crippen LogP contribution in [0, 0.1) is 0 Å². The van der Waals surface area contributed by atoms with Crippen LogP contribution in [0.2, 0.25) is 0 Å². The lowest BCUT2D eigenvalue weighted by Crippen LogP contribution is -3.00. The fourth-order valence-electron chi connectivity index (χ4n) is 1.85. The van der Waals surface area contributed by atoms with Crippen molar-refractivity contribution in [1.82, 2.24) is 4.98 Å². The van der Waals surface area contributed by atoms with Crippen LogP contribution in [0.3, 0.4) is 0 Å². The molecule has 1 N–H and O–H groups in total. The predicted molar refractivity (Wildman–Crippen MR) is 60.5 cm³/mol. The number of nitrogens with zero attached hydrogens (tertiary/aromatic N) is 1. The van der Waals surface area contributed by atoms with E-state index in [0.29, 0.717) is 0 Å². The Kier molecular flexibility index (Phi) is 4.53. The summed E-state index contributed by atoms with van der Waals surface area (Å²) >= 11 is 0. The molecule has 2 aromatic rings. The van der Waals surface area contributed by atoms with Gasteiger partial charge in [0.05, 0.1) is 0 Å². The van der Waals surface area contributed by atoms with Crippen LogP contribution in [0.25, 0.3) is 0 Å². The summed E-state index contributed by atoms with van der Waals surface area (Å²) in [5.74, 6) is 0. The van der Waals surface area contributed by atoms with Crippen molar-refractivity contribution in [3.63, 3.8) is 0 Å². The summed E-state index contributed by atoms with van der Waals surface area (Å²) < 4.78 is 2.21. The predicted octanol–water partition coefficient (Wildman–Crippen LogP) is -0.716. The Balaban J connectivity index is 0.00000128. The molecular weight excluding hydrogens is 311 g/mol. The zero-order chi connectivity index (χ0) is 10.7. The standard InChI is InChI=1S/C13H16N2.HI/c1-13(2,15-9-8-14-11-15)10-12-6-4-3-5-7-12;/h3-9,11H,10H2,1-2H3;1H. The van der Waals surface area contributed by atoms with E-state index in [4.69, 9.17) is 0 Å². The summed E-state index contributed by atoms with van der Waals surface area (Å²) in [6, 6.07) is 10.6. The molecule has 16 heavy (non-hydrogen) atoms. The number of aromatic nitrogens is 2. The molecule has 0 saturated carbocycles. The molecule has 0 radical (unpaired) electrons. The molecule has 0 aliphatic carbocycles. The van der Waals surface area contributed by atoms with Gasteiger partial charge in [-0.1, -0.05) is 30.3 Å². The Morgan fingerprint density at radius 3 is 2.44 bits per heavy atom. The molecule has 0 atom stereocenters. The number of rotatable bonds is 3. The van der Waals surface area contributed by atoms with Crippen molar-refractivity contribution in [3.8, 4) is 0 Å². The van der Waals surface area contributed by atoms with Crippen molar-refractivity contribution in [2.45, 2.75) is 25.8 Å². The Labute approximate surface area is 114 Å². The van der Waals surface area contributed by atoms with Crippen molar-refractivity contribution < 1.29 is 28.5 Å². The maximum absolute atomic E-state index is 3.08. The first-order valence-corrected chi connectivity index (χ1v) is 5.27. The number of nitrogens with one attached hydrogen (secondary N) is 1. The van der Waals surface area contributed by atoms with E-state index in [9.17, 15) is 0 Å². The minimum atomic E-state index is 0. The van der Waals surface area contributed by atoms with E-state index >= 15 is 0 Å². The molecule has 1 heterocycles. The number of hydrogen-bond donors (Lipinski definition) is 1. The van der Waals surface area contributed by atoms with Gasteiger partial charge < -0.3 is 24.0 Å². The molecule has 1 aromatic carbocycles. The van der Waals surface area contributed by atoms with E-state index in [1.165, 1.54) is 5.56 Å². The SMILES string of the molecule is CC(C)(Cc1ccccc1)[n+]1cc[nH]c1.[I-]. The van der Waals surface area contributed by atoms with E-state index in [1.807, 2.05) is 12.5 Å². The second-order valence-corrected chi connectivity index (χ2v) is 4.49. The maximum atomic E-state index is 3.08. The van der Waals surface area contributed by atoms with Crippen LogP contribution in [0.5, 0.6) is 0 Å². The van der Waals surface area contributed by atoms with Gasteiger partial charge in [-0.15, -0.1) is 0 Å². The van der Waals surface area contributed by atoms with Crippen molar-refractivity contribution in [3.05, 3.63) is 54.6 Å². The molecule has 0 aliphatic rings. The molecule has 0 amide bonds. The molecule has 0 bridgehead atoms. The molecule has 0 aliphatic heterocycles. The molecule has 0 fully saturated rings. The molecule has 86 valence electrons. The van der Waals surface area contributed by atoms with E-state index in [-0.39, 0.29) is 29.5 Å². The van der Waals surface area contributed by atoms with Crippen molar-refractivity contribution >= 4 is 0 Å². The minimum Gasteiger partial charge on any atom is -1.00 e. The molecule has 3 heteroatoms. The summed E-state index contributed by atoms with van der Waals surface area (Å²) in [5, 5.41) is 0. The lowest BCUT2D eigenvalue weighted by molar-refractivity contribution is -0.756.